The van der Waals surface area contributed by atoms with Gasteiger partial charge in [-0.15, -0.1) is 0 Å². The van der Waals surface area contributed by atoms with Crippen LogP contribution in [0.15, 0.2) is 29.2 Å². The first-order valence-corrected chi connectivity index (χ1v) is 7.20. The molecule has 2 heterocycles. The average Bonchev–Trinajstić information content (AvgIpc) is 2.90. The Labute approximate surface area is 142 Å². The zero-order valence-electron chi connectivity index (χ0n) is 12.5. The molecule has 10 heteroatoms. The summed E-state index contributed by atoms with van der Waals surface area (Å²) in [5, 5.41) is 12.9. The van der Waals surface area contributed by atoms with Crippen molar-refractivity contribution in [1.82, 2.24) is 14.6 Å². The molecule has 1 aromatic carbocycles. The number of alkyl halides is 3. The van der Waals surface area contributed by atoms with Crippen molar-refractivity contribution in [2.75, 3.05) is 0 Å². The van der Waals surface area contributed by atoms with Crippen LogP contribution in [-0.4, -0.2) is 25.7 Å². The summed E-state index contributed by atoms with van der Waals surface area (Å²) in [6.07, 6.45) is -3.91. The van der Waals surface area contributed by atoms with E-state index in [4.69, 9.17) is 16.7 Å². The Morgan fingerprint density at radius 3 is 2.60 bits per heavy atom. The second-order valence-electron chi connectivity index (χ2n) is 5.28. The summed E-state index contributed by atoms with van der Waals surface area (Å²) in [6.45, 7) is 1.72. The number of nitrogens with zero attached hydrogens (tertiary/aromatic N) is 2. The fourth-order valence-electron chi connectivity index (χ4n) is 2.46. The van der Waals surface area contributed by atoms with Crippen LogP contribution in [0.1, 0.15) is 21.6 Å². The molecule has 0 unspecified atom stereocenters. The highest BCUT2D eigenvalue weighted by Crippen LogP contribution is 2.34. The number of benzene rings is 1. The standard InChI is InChI=1S/C15H9ClF3N3O3/c1-6-4-7(2-3-8(6)16)9-5-22-12(13(23)20-9)10(15(17,18)19)11(21-22)14(24)25/h2-5H,1H3,(H,20,23)(H,24,25). The maximum Gasteiger partial charge on any atom is 0.421 e. The van der Waals surface area contributed by atoms with Gasteiger partial charge in [-0.2, -0.15) is 18.3 Å². The van der Waals surface area contributed by atoms with Crippen LogP contribution in [0, 0.1) is 6.92 Å². The van der Waals surface area contributed by atoms with E-state index in [1.54, 1.807) is 25.1 Å². The molecule has 0 radical (unpaired) electrons. The minimum Gasteiger partial charge on any atom is -0.476 e. The molecule has 2 N–H and O–H groups in total. The van der Waals surface area contributed by atoms with Gasteiger partial charge in [0.2, 0.25) is 0 Å². The number of H-pyrrole nitrogens is 1. The van der Waals surface area contributed by atoms with Gasteiger partial charge < -0.3 is 10.1 Å². The van der Waals surface area contributed by atoms with Crippen LogP contribution in [-0.2, 0) is 6.18 Å². The second-order valence-corrected chi connectivity index (χ2v) is 5.69. The molecule has 0 saturated heterocycles. The molecule has 3 aromatic rings. The number of aromatic nitrogens is 3. The molecule has 0 aliphatic rings. The van der Waals surface area contributed by atoms with E-state index in [0.717, 1.165) is 6.20 Å². The first kappa shape index (κ1) is 17.0. The number of carboxylic acids is 1. The summed E-state index contributed by atoms with van der Waals surface area (Å²) >= 11 is 5.92. The van der Waals surface area contributed by atoms with Crippen LogP contribution >= 0.6 is 11.6 Å². The van der Waals surface area contributed by atoms with Crippen molar-refractivity contribution in [3.05, 3.63) is 56.6 Å². The number of hydrogen-bond acceptors (Lipinski definition) is 3. The summed E-state index contributed by atoms with van der Waals surface area (Å²) in [5.41, 5.74) is -3.44. The van der Waals surface area contributed by atoms with Gasteiger partial charge in [0.25, 0.3) is 5.56 Å². The molecule has 25 heavy (non-hydrogen) atoms. The molecule has 130 valence electrons. The fraction of sp³-hybridized carbons (Fsp3) is 0.133. The highest BCUT2D eigenvalue weighted by Gasteiger charge is 2.41. The smallest absolute Gasteiger partial charge is 0.421 e. The van der Waals surface area contributed by atoms with E-state index < -0.39 is 34.5 Å². The molecule has 0 saturated carbocycles. The third-order valence-electron chi connectivity index (χ3n) is 3.58. The molecule has 0 aliphatic heterocycles. The van der Waals surface area contributed by atoms with Crippen molar-refractivity contribution < 1.29 is 23.1 Å². The lowest BCUT2D eigenvalue weighted by molar-refractivity contribution is -0.136. The minimum absolute atomic E-state index is 0.172. The largest absolute Gasteiger partial charge is 0.476 e. The normalized spacial score (nSPS) is 11.9. The molecular formula is C15H9ClF3N3O3. The third kappa shape index (κ3) is 2.86. The van der Waals surface area contributed by atoms with Gasteiger partial charge in [-0.25, -0.2) is 9.31 Å². The van der Waals surface area contributed by atoms with Crippen LogP contribution in [0.2, 0.25) is 5.02 Å². The lowest BCUT2D eigenvalue weighted by Crippen LogP contribution is -2.17. The predicted octanol–water partition coefficient (Wildman–Crippen LogP) is 3.37. The van der Waals surface area contributed by atoms with Crippen molar-refractivity contribution in [3.63, 3.8) is 0 Å². The van der Waals surface area contributed by atoms with Crippen molar-refractivity contribution in [1.29, 1.82) is 0 Å². The monoisotopic (exact) mass is 371 g/mol. The molecule has 0 aliphatic carbocycles. The Morgan fingerprint density at radius 2 is 2.04 bits per heavy atom. The van der Waals surface area contributed by atoms with Gasteiger partial charge in [0.15, 0.2) is 5.69 Å². The summed E-state index contributed by atoms with van der Waals surface area (Å²) in [6, 6.07) is 4.77. The Hall–Kier alpha value is -2.81. The molecule has 0 spiro atoms. The first-order valence-electron chi connectivity index (χ1n) is 6.82. The molecule has 6 nitrogen and oxygen atoms in total. The Balaban J connectivity index is 2.33. The fourth-order valence-corrected chi connectivity index (χ4v) is 2.58. The van der Waals surface area contributed by atoms with Crippen molar-refractivity contribution in [2.45, 2.75) is 13.1 Å². The lowest BCUT2D eigenvalue weighted by Gasteiger charge is -2.07. The number of carboxylic acid groups (broad SMARTS) is 1. The summed E-state index contributed by atoms with van der Waals surface area (Å²) in [5.74, 6) is -1.88. The van der Waals surface area contributed by atoms with E-state index >= 15 is 0 Å². The van der Waals surface area contributed by atoms with Crippen LogP contribution in [0.4, 0.5) is 13.2 Å². The molecule has 0 bridgehead atoms. The second kappa shape index (κ2) is 5.62. The third-order valence-corrected chi connectivity index (χ3v) is 4.00. The predicted molar refractivity (Wildman–Crippen MR) is 83.0 cm³/mol. The molecule has 2 aromatic heterocycles. The van der Waals surface area contributed by atoms with Crippen LogP contribution in [0.3, 0.4) is 0 Å². The van der Waals surface area contributed by atoms with Crippen molar-refractivity contribution in [3.8, 4) is 11.3 Å². The van der Waals surface area contributed by atoms with E-state index in [1.807, 2.05) is 0 Å². The van der Waals surface area contributed by atoms with Gasteiger partial charge in [-0.3, -0.25) is 4.79 Å². The number of hydrogen-bond donors (Lipinski definition) is 2. The van der Waals surface area contributed by atoms with Gasteiger partial charge in [-0.1, -0.05) is 17.7 Å². The molecule has 0 fully saturated rings. The van der Waals surface area contributed by atoms with Crippen molar-refractivity contribution >= 4 is 23.1 Å². The number of rotatable bonds is 2. The molecule has 0 atom stereocenters. The maximum absolute atomic E-state index is 13.2. The molecule has 0 amide bonds. The van der Waals surface area contributed by atoms with E-state index in [0.29, 0.717) is 20.7 Å². The zero-order chi connectivity index (χ0) is 18.5. The SMILES string of the molecule is Cc1cc(-c2cn3nc(C(=O)O)c(C(F)(F)F)c3c(=O)[nH]2)ccc1Cl. The Kier molecular flexibility index (Phi) is 3.83. The van der Waals surface area contributed by atoms with Crippen molar-refractivity contribution in [2.24, 2.45) is 0 Å². The topological polar surface area (TPSA) is 87.5 Å². The number of nitrogens with one attached hydrogen (secondary N) is 1. The maximum atomic E-state index is 13.2. The van der Waals surface area contributed by atoms with Gasteiger partial charge >= 0.3 is 12.1 Å². The van der Waals surface area contributed by atoms with Gasteiger partial charge in [-0.05, 0) is 30.2 Å². The number of aryl methyl sites for hydroxylation is 1. The highest BCUT2D eigenvalue weighted by atomic mass is 35.5. The highest BCUT2D eigenvalue weighted by molar-refractivity contribution is 6.31. The number of carbonyl (C=O) groups is 1. The summed E-state index contributed by atoms with van der Waals surface area (Å²) < 4.78 is 40.2. The Bertz CT molecular complexity index is 1070. The van der Waals surface area contributed by atoms with E-state index in [-0.39, 0.29) is 5.69 Å². The number of halogens is 4. The van der Waals surface area contributed by atoms with Gasteiger partial charge in [0, 0.05) is 5.02 Å². The zero-order valence-corrected chi connectivity index (χ0v) is 13.2. The number of aromatic amines is 1. The summed E-state index contributed by atoms with van der Waals surface area (Å²) in [7, 11) is 0. The molecule has 3 rings (SSSR count). The lowest BCUT2D eigenvalue weighted by atomic mass is 10.1. The minimum atomic E-state index is -5.04. The summed E-state index contributed by atoms with van der Waals surface area (Å²) in [4.78, 5) is 25.6. The number of aromatic carboxylic acids is 1. The van der Waals surface area contributed by atoms with E-state index in [2.05, 4.69) is 10.1 Å². The van der Waals surface area contributed by atoms with Crippen LogP contribution in [0.25, 0.3) is 16.8 Å². The van der Waals surface area contributed by atoms with Crippen LogP contribution in [0.5, 0.6) is 0 Å². The molecular weight excluding hydrogens is 363 g/mol. The van der Waals surface area contributed by atoms with E-state index in [9.17, 15) is 22.8 Å². The number of fused-ring (bicyclic) bond motifs is 1. The first-order chi connectivity index (χ1) is 11.6. The average molecular weight is 372 g/mol. The Morgan fingerprint density at radius 1 is 1.36 bits per heavy atom. The van der Waals surface area contributed by atoms with Crippen LogP contribution < -0.4 is 5.56 Å². The quantitative estimate of drug-likeness (QED) is 0.723. The van der Waals surface area contributed by atoms with Gasteiger partial charge in [0.05, 0.1) is 11.9 Å². The van der Waals surface area contributed by atoms with E-state index in [1.165, 1.54) is 0 Å². The van der Waals surface area contributed by atoms with Gasteiger partial charge in [0.1, 0.15) is 11.1 Å².